The monoisotopic (exact) mass is 846 g/mol. The van der Waals surface area contributed by atoms with Gasteiger partial charge in [0.25, 0.3) is 0 Å². The maximum atomic E-state index is 6.44. The zero-order chi connectivity index (χ0) is 41.0. The third kappa shape index (κ3) is 5.33. The van der Waals surface area contributed by atoms with E-state index in [0.29, 0.717) is 67.5 Å². The molecule has 62 heavy (non-hydrogen) atoms. The van der Waals surface area contributed by atoms with E-state index in [1.807, 2.05) is 77.0 Å². The lowest BCUT2D eigenvalue weighted by Crippen LogP contribution is -2.52. The summed E-state index contributed by atoms with van der Waals surface area (Å²) in [7, 11) is 0. The van der Waals surface area contributed by atoms with Gasteiger partial charge in [0.1, 0.15) is 34.2 Å². The van der Waals surface area contributed by atoms with Crippen LogP contribution in [0.1, 0.15) is 34.1 Å². The molecule has 10 heterocycles. The third-order valence-electron chi connectivity index (χ3n) is 10.8. The van der Waals surface area contributed by atoms with E-state index in [4.69, 9.17) is 44.1 Å². The number of nitrogens with one attached hydrogen (secondary N) is 2. The largest absolute Gasteiger partial charge is 0.464 e. The van der Waals surface area contributed by atoms with Crippen molar-refractivity contribution in [3.63, 3.8) is 0 Å². The van der Waals surface area contributed by atoms with E-state index in [-0.39, 0.29) is 5.89 Å². The SMILES string of the molecule is c1cnnc(N2C(c3c[nH]nn3)=C(c3ncco3)c3c(-c4nccs4)c(-c4ccco4)c(-c4cccs4)c(-c4ncc[nH]4)c3C2(c2ccnnn2)c2ccc3ccccc3n2)c1. The average Bonchev–Trinajstić information content (AvgIpc) is 4.18. The number of thiophene rings is 1. The van der Waals surface area contributed by atoms with E-state index < -0.39 is 5.54 Å². The van der Waals surface area contributed by atoms with Gasteiger partial charge in [-0.15, -0.1) is 43.1 Å². The fourth-order valence-corrected chi connectivity index (χ4v) is 10.0. The Morgan fingerprint density at radius 1 is 0.661 bits per heavy atom. The van der Waals surface area contributed by atoms with E-state index in [1.165, 1.54) is 11.3 Å². The number of oxazole rings is 1. The molecule has 12 rings (SSSR count). The Hall–Kier alpha value is -8.35. The van der Waals surface area contributed by atoms with Gasteiger partial charge in [0, 0.05) is 73.8 Å². The van der Waals surface area contributed by atoms with Crippen LogP contribution in [0.25, 0.3) is 65.9 Å². The van der Waals surface area contributed by atoms with Crippen LogP contribution in [0.5, 0.6) is 0 Å². The number of pyridine rings is 1. The molecule has 11 aromatic rings. The Labute approximate surface area is 357 Å². The van der Waals surface area contributed by atoms with Gasteiger partial charge >= 0.3 is 0 Å². The number of aromatic nitrogens is 13. The van der Waals surface area contributed by atoms with Gasteiger partial charge in [-0.2, -0.15) is 5.10 Å². The summed E-state index contributed by atoms with van der Waals surface area (Å²) in [4.78, 5) is 27.0. The molecule has 2 aromatic carbocycles. The summed E-state index contributed by atoms with van der Waals surface area (Å²) in [5.74, 6) is 1.82. The van der Waals surface area contributed by atoms with Gasteiger partial charge < -0.3 is 18.7 Å². The third-order valence-corrected chi connectivity index (χ3v) is 12.4. The number of imidazole rings is 1. The highest BCUT2D eigenvalue weighted by molar-refractivity contribution is 7.14. The molecule has 296 valence electrons. The Balaban J connectivity index is 1.45. The summed E-state index contributed by atoms with van der Waals surface area (Å²) in [6, 6.07) is 25.5. The van der Waals surface area contributed by atoms with Crippen LogP contribution in [0.4, 0.5) is 5.82 Å². The summed E-state index contributed by atoms with van der Waals surface area (Å²) in [5, 5.41) is 40.3. The number of benzene rings is 2. The lowest BCUT2D eigenvalue weighted by Gasteiger charge is -2.50. The summed E-state index contributed by atoms with van der Waals surface area (Å²) < 4.78 is 12.9. The second-order valence-electron chi connectivity index (χ2n) is 13.9. The number of furan rings is 1. The van der Waals surface area contributed by atoms with Crippen LogP contribution in [-0.2, 0) is 5.54 Å². The molecule has 0 spiro atoms. The van der Waals surface area contributed by atoms with E-state index >= 15 is 0 Å². The number of anilines is 1. The highest BCUT2D eigenvalue weighted by Crippen LogP contribution is 2.63. The van der Waals surface area contributed by atoms with E-state index in [0.717, 1.165) is 32.5 Å². The first-order valence-corrected chi connectivity index (χ1v) is 20.9. The summed E-state index contributed by atoms with van der Waals surface area (Å²) in [6.45, 7) is 0. The van der Waals surface area contributed by atoms with Crippen molar-refractivity contribution in [3.05, 3.63) is 180 Å². The molecule has 0 saturated carbocycles. The topological polar surface area (TPSA) is 203 Å². The predicted octanol–water partition coefficient (Wildman–Crippen LogP) is 8.55. The number of nitrogens with zero attached hydrogens (tertiary/aromatic N) is 12. The molecule has 18 heteroatoms. The van der Waals surface area contributed by atoms with Gasteiger partial charge in [0.15, 0.2) is 11.4 Å². The normalized spacial score (nSPS) is 15.1. The van der Waals surface area contributed by atoms with Gasteiger partial charge in [-0.05, 0) is 59.1 Å². The van der Waals surface area contributed by atoms with E-state index in [1.54, 1.807) is 67.2 Å². The first-order chi connectivity index (χ1) is 30.8. The number of rotatable bonds is 9. The lowest BCUT2D eigenvalue weighted by molar-refractivity contribution is 0.534. The molecule has 1 aliphatic rings. The van der Waals surface area contributed by atoms with Crippen molar-refractivity contribution in [1.82, 2.24) is 65.9 Å². The maximum Gasteiger partial charge on any atom is 0.228 e. The van der Waals surface area contributed by atoms with Crippen molar-refractivity contribution in [2.45, 2.75) is 5.54 Å². The minimum atomic E-state index is -1.61. The summed E-state index contributed by atoms with van der Waals surface area (Å²) in [6.07, 6.45) is 15.1. The van der Waals surface area contributed by atoms with Crippen molar-refractivity contribution in [2.75, 3.05) is 4.90 Å². The van der Waals surface area contributed by atoms with Crippen LogP contribution >= 0.6 is 22.7 Å². The number of H-pyrrole nitrogens is 2. The second-order valence-corrected chi connectivity index (χ2v) is 15.8. The molecule has 0 radical (unpaired) electrons. The fraction of sp³-hybridized carbons (Fsp3) is 0.0227. The standard InChI is InChI=1S/C44H26N14O2S2/c1-2-7-26-25(6-1)11-12-30(52-26)44(31-13-15-50-56-54-31)39-35(38(42-47-18-21-60-42)40(27-24-51-57-53-27)58(44)32-10-3-14-49-55-32)36(43-48-19-23-62-43)33(28-8-4-20-59-28)34(29-9-5-22-61-29)37(39)41-45-16-17-46-41/h1-24H,(H,45,46)(H,51,53,57). The number of para-hydroxylation sites is 1. The molecule has 0 bridgehead atoms. The molecule has 2 N–H and O–H groups in total. The Morgan fingerprint density at radius 2 is 1.65 bits per heavy atom. The van der Waals surface area contributed by atoms with Crippen LogP contribution in [-0.4, -0.2) is 65.9 Å². The number of aromatic amines is 2. The van der Waals surface area contributed by atoms with Crippen LogP contribution < -0.4 is 4.90 Å². The molecular formula is C44H26N14O2S2. The quantitative estimate of drug-likeness (QED) is 0.140. The Kier molecular flexibility index (Phi) is 8.28. The average molecular weight is 847 g/mol. The summed E-state index contributed by atoms with van der Waals surface area (Å²) >= 11 is 3.08. The highest BCUT2D eigenvalue weighted by atomic mass is 32.1. The van der Waals surface area contributed by atoms with Gasteiger partial charge in [-0.3, -0.25) is 5.10 Å². The van der Waals surface area contributed by atoms with Crippen molar-refractivity contribution < 1.29 is 8.83 Å². The Bertz CT molecular complexity index is 3340. The van der Waals surface area contributed by atoms with Gasteiger partial charge in [-0.1, -0.05) is 35.5 Å². The van der Waals surface area contributed by atoms with Gasteiger partial charge in [-0.25, -0.2) is 19.9 Å². The number of hydrogen-bond donors (Lipinski definition) is 2. The molecule has 9 aromatic heterocycles. The molecule has 1 atom stereocenters. The molecule has 0 saturated heterocycles. The highest BCUT2D eigenvalue weighted by Gasteiger charge is 2.57. The van der Waals surface area contributed by atoms with Crippen LogP contribution in [0.3, 0.4) is 0 Å². The maximum absolute atomic E-state index is 6.44. The molecule has 1 aliphatic heterocycles. The lowest BCUT2D eigenvalue weighted by atomic mass is 9.67. The fourth-order valence-electron chi connectivity index (χ4n) is 8.54. The van der Waals surface area contributed by atoms with E-state index in [9.17, 15) is 0 Å². The van der Waals surface area contributed by atoms with Crippen LogP contribution in [0.15, 0.2) is 154 Å². The minimum Gasteiger partial charge on any atom is -0.464 e. The molecule has 16 nitrogen and oxygen atoms in total. The Morgan fingerprint density at radius 3 is 2.39 bits per heavy atom. The number of hydrogen-bond acceptors (Lipinski definition) is 16. The van der Waals surface area contributed by atoms with Gasteiger partial charge in [0.2, 0.25) is 5.89 Å². The van der Waals surface area contributed by atoms with E-state index in [2.05, 4.69) is 48.2 Å². The minimum absolute atomic E-state index is 0.275. The van der Waals surface area contributed by atoms with Crippen LogP contribution in [0.2, 0.25) is 0 Å². The second kappa shape index (κ2) is 14.4. The number of thiazole rings is 1. The molecule has 1 unspecified atom stereocenters. The van der Waals surface area contributed by atoms with Gasteiger partial charge in [0.05, 0.1) is 47.3 Å². The van der Waals surface area contributed by atoms with Crippen molar-refractivity contribution in [3.8, 4) is 43.7 Å². The summed E-state index contributed by atoms with van der Waals surface area (Å²) in [5.41, 5.74) is 5.89. The van der Waals surface area contributed by atoms with Crippen molar-refractivity contribution in [2.24, 2.45) is 0 Å². The first kappa shape index (κ1) is 35.6. The molecular weight excluding hydrogens is 821 g/mol. The smallest absolute Gasteiger partial charge is 0.228 e. The van der Waals surface area contributed by atoms with Crippen molar-refractivity contribution in [1.29, 1.82) is 0 Å². The first-order valence-electron chi connectivity index (χ1n) is 19.1. The molecule has 0 aliphatic carbocycles. The number of fused-ring (bicyclic) bond motifs is 2. The molecule has 0 fully saturated rings. The zero-order valence-corrected chi connectivity index (χ0v) is 33.5. The predicted molar refractivity (Wildman–Crippen MR) is 231 cm³/mol. The van der Waals surface area contributed by atoms with Crippen molar-refractivity contribution >= 4 is 50.7 Å². The molecule has 0 amide bonds. The zero-order valence-electron chi connectivity index (χ0n) is 31.9. The van der Waals surface area contributed by atoms with Crippen LogP contribution in [0, 0.1) is 0 Å².